The van der Waals surface area contributed by atoms with Gasteiger partial charge in [0.1, 0.15) is 5.82 Å². The number of carbonyl (C=O) groups excluding carboxylic acids is 2. The smallest absolute Gasteiger partial charge is 0.341 e. The second-order valence-corrected chi connectivity index (χ2v) is 5.60. The average Bonchev–Trinajstić information content (AvgIpc) is 2.52. The summed E-state index contributed by atoms with van der Waals surface area (Å²) < 4.78 is 18.1. The fraction of sp³-hybridized carbons (Fsp3) is 0.176. The summed E-state index contributed by atoms with van der Waals surface area (Å²) in [5, 5.41) is 2.52. The number of hydrogen-bond donors (Lipinski definition) is 2. The fourth-order valence-electron chi connectivity index (χ4n) is 1.96. The molecule has 2 aromatic carbocycles. The zero-order chi connectivity index (χ0) is 17.9. The van der Waals surface area contributed by atoms with Crippen LogP contribution in [0.4, 0.5) is 15.8 Å². The van der Waals surface area contributed by atoms with Crippen LogP contribution >= 0.6 is 11.6 Å². The van der Waals surface area contributed by atoms with E-state index in [0.717, 1.165) is 17.7 Å². The van der Waals surface area contributed by atoms with Crippen LogP contribution in [-0.4, -0.2) is 18.0 Å². The van der Waals surface area contributed by atoms with E-state index in [1.54, 1.807) is 19.1 Å². The maximum atomic E-state index is 13.0. The molecule has 24 heavy (non-hydrogen) atoms. The standard InChI is InChI=1S/C17H16ClFN2O3/c1-9-4-3-5-12(15(9)20)17(23)24-10(2)16(22)21-14-7-6-11(19)8-13(14)18/h3-8,10H,20H2,1-2H3,(H,21,22)/t10-/m1/s1. The summed E-state index contributed by atoms with van der Waals surface area (Å²) in [4.78, 5) is 24.2. The monoisotopic (exact) mass is 350 g/mol. The third kappa shape index (κ3) is 4.02. The van der Waals surface area contributed by atoms with E-state index < -0.39 is 23.8 Å². The molecule has 5 nitrogen and oxygen atoms in total. The first-order valence-electron chi connectivity index (χ1n) is 7.11. The highest BCUT2D eigenvalue weighted by atomic mass is 35.5. The second-order valence-electron chi connectivity index (χ2n) is 5.20. The molecule has 2 aromatic rings. The minimum atomic E-state index is -1.08. The zero-order valence-corrected chi connectivity index (χ0v) is 13.9. The van der Waals surface area contributed by atoms with Gasteiger partial charge in [-0.3, -0.25) is 4.79 Å². The molecular formula is C17H16ClFN2O3. The highest BCUT2D eigenvalue weighted by Crippen LogP contribution is 2.23. The number of nitrogens with two attached hydrogens (primary N) is 1. The molecule has 7 heteroatoms. The molecule has 0 radical (unpaired) electrons. The Morgan fingerprint density at radius 1 is 1.29 bits per heavy atom. The molecule has 0 fully saturated rings. The molecule has 0 aliphatic carbocycles. The number of aryl methyl sites for hydroxylation is 1. The van der Waals surface area contributed by atoms with Crippen LogP contribution in [0.15, 0.2) is 36.4 Å². The van der Waals surface area contributed by atoms with Crippen molar-refractivity contribution in [3.05, 3.63) is 58.4 Å². The average molecular weight is 351 g/mol. The lowest BCUT2D eigenvalue weighted by molar-refractivity contribution is -0.123. The Morgan fingerprint density at radius 2 is 2.00 bits per heavy atom. The van der Waals surface area contributed by atoms with Crippen molar-refractivity contribution in [3.8, 4) is 0 Å². The number of halogens is 2. The minimum absolute atomic E-state index is 0.0461. The molecule has 0 spiro atoms. The molecule has 0 heterocycles. The highest BCUT2D eigenvalue weighted by molar-refractivity contribution is 6.33. The van der Waals surface area contributed by atoms with Crippen LogP contribution in [0.3, 0.4) is 0 Å². The van der Waals surface area contributed by atoms with Crippen LogP contribution < -0.4 is 11.1 Å². The van der Waals surface area contributed by atoms with Crippen molar-refractivity contribution in [2.75, 3.05) is 11.1 Å². The first-order chi connectivity index (χ1) is 11.3. The van der Waals surface area contributed by atoms with Crippen LogP contribution in [0, 0.1) is 12.7 Å². The van der Waals surface area contributed by atoms with Gasteiger partial charge in [0.15, 0.2) is 6.10 Å². The number of rotatable bonds is 4. The molecule has 3 N–H and O–H groups in total. The van der Waals surface area contributed by atoms with E-state index in [1.165, 1.54) is 19.1 Å². The number of hydrogen-bond acceptors (Lipinski definition) is 4. The normalized spacial score (nSPS) is 11.7. The summed E-state index contributed by atoms with van der Waals surface area (Å²) in [6.07, 6.45) is -1.08. The zero-order valence-electron chi connectivity index (χ0n) is 13.1. The van der Waals surface area contributed by atoms with Crippen molar-refractivity contribution in [2.24, 2.45) is 0 Å². The number of nitrogens with one attached hydrogen (secondary N) is 1. The largest absolute Gasteiger partial charge is 0.449 e. The van der Waals surface area contributed by atoms with Crippen molar-refractivity contribution >= 4 is 34.9 Å². The molecule has 0 bridgehead atoms. The van der Waals surface area contributed by atoms with Gasteiger partial charge in [0.2, 0.25) is 0 Å². The number of para-hydroxylation sites is 1. The first kappa shape index (κ1) is 17.7. The predicted molar refractivity (Wildman–Crippen MR) is 90.5 cm³/mol. The summed E-state index contributed by atoms with van der Waals surface area (Å²) >= 11 is 5.84. The molecule has 1 amide bonds. The summed E-state index contributed by atoms with van der Waals surface area (Å²) in [6, 6.07) is 8.51. The van der Waals surface area contributed by atoms with E-state index in [9.17, 15) is 14.0 Å². The second kappa shape index (κ2) is 7.31. The quantitative estimate of drug-likeness (QED) is 0.652. The van der Waals surface area contributed by atoms with Crippen molar-refractivity contribution in [1.82, 2.24) is 0 Å². The van der Waals surface area contributed by atoms with E-state index >= 15 is 0 Å². The van der Waals surface area contributed by atoms with Crippen molar-refractivity contribution in [1.29, 1.82) is 0 Å². The fourth-order valence-corrected chi connectivity index (χ4v) is 2.18. The van der Waals surface area contributed by atoms with E-state index in [-0.39, 0.29) is 16.3 Å². The maximum Gasteiger partial charge on any atom is 0.341 e. The summed E-state index contributed by atoms with van der Waals surface area (Å²) in [5.41, 5.74) is 7.29. The maximum absolute atomic E-state index is 13.0. The van der Waals surface area contributed by atoms with Gasteiger partial charge in [-0.1, -0.05) is 23.7 Å². The van der Waals surface area contributed by atoms with E-state index in [1.807, 2.05) is 0 Å². The van der Waals surface area contributed by atoms with Crippen LogP contribution in [0.2, 0.25) is 5.02 Å². The van der Waals surface area contributed by atoms with Crippen molar-refractivity contribution in [2.45, 2.75) is 20.0 Å². The Bertz CT molecular complexity index is 795. The van der Waals surface area contributed by atoms with Crippen molar-refractivity contribution in [3.63, 3.8) is 0 Å². The number of amides is 1. The molecule has 0 saturated carbocycles. The topological polar surface area (TPSA) is 81.4 Å². The summed E-state index contributed by atoms with van der Waals surface area (Å²) in [5.74, 6) is -1.82. The molecule has 126 valence electrons. The molecule has 0 unspecified atom stereocenters. The molecule has 2 rings (SSSR count). The Hall–Kier alpha value is -2.60. The van der Waals surface area contributed by atoms with Gasteiger partial charge in [0.05, 0.1) is 16.3 Å². The van der Waals surface area contributed by atoms with E-state index in [0.29, 0.717) is 5.69 Å². The van der Waals surface area contributed by atoms with Gasteiger partial charge in [-0.15, -0.1) is 0 Å². The minimum Gasteiger partial charge on any atom is -0.449 e. The number of carbonyl (C=O) groups is 2. The van der Waals surface area contributed by atoms with E-state index in [4.69, 9.17) is 22.1 Å². The SMILES string of the molecule is Cc1cccc(C(=O)O[C@H](C)C(=O)Nc2ccc(F)cc2Cl)c1N. The third-order valence-electron chi connectivity index (χ3n) is 3.39. The Kier molecular flexibility index (Phi) is 5.41. The number of anilines is 2. The first-order valence-corrected chi connectivity index (χ1v) is 7.49. The van der Waals surface area contributed by atoms with Gasteiger partial charge >= 0.3 is 5.97 Å². The molecular weight excluding hydrogens is 335 g/mol. The number of esters is 1. The van der Waals surface area contributed by atoms with Crippen LogP contribution in [0.5, 0.6) is 0 Å². The van der Waals surface area contributed by atoms with Crippen LogP contribution in [0.25, 0.3) is 0 Å². The molecule has 1 atom stereocenters. The lowest BCUT2D eigenvalue weighted by atomic mass is 10.1. The van der Waals surface area contributed by atoms with Crippen molar-refractivity contribution < 1.29 is 18.7 Å². The lowest BCUT2D eigenvalue weighted by Crippen LogP contribution is -2.30. The number of ether oxygens (including phenoxy) is 1. The van der Waals surface area contributed by atoms with Crippen LogP contribution in [-0.2, 0) is 9.53 Å². The van der Waals surface area contributed by atoms with Crippen LogP contribution in [0.1, 0.15) is 22.8 Å². The Labute approximate surface area is 143 Å². The van der Waals surface area contributed by atoms with Gasteiger partial charge < -0.3 is 15.8 Å². The Balaban J connectivity index is 2.06. The van der Waals surface area contributed by atoms with Gasteiger partial charge in [-0.05, 0) is 43.7 Å². The Morgan fingerprint density at radius 3 is 2.67 bits per heavy atom. The number of benzene rings is 2. The van der Waals surface area contributed by atoms with Gasteiger partial charge in [-0.2, -0.15) is 0 Å². The number of nitrogen functional groups attached to an aromatic ring is 1. The highest BCUT2D eigenvalue weighted by Gasteiger charge is 2.21. The van der Waals surface area contributed by atoms with Gasteiger partial charge in [0.25, 0.3) is 5.91 Å². The third-order valence-corrected chi connectivity index (χ3v) is 3.70. The molecule has 0 aliphatic heterocycles. The van der Waals surface area contributed by atoms with Gasteiger partial charge in [-0.25, -0.2) is 9.18 Å². The van der Waals surface area contributed by atoms with Gasteiger partial charge in [0, 0.05) is 5.69 Å². The van der Waals surface area contributed by atoms with E-state index in [2.05, 4.69) is 5.32 Å². The molecule has 0 aromatic heterocycles. The predicted octanol–water partition coefficient (Wildman–Crippen LogP) is 3.55. The summed E-state index contributed by atoms with van der Waals surface area (Å²) in [7, 11) is 0. The molecule has 0 aliphatic rings. The molecule has 0 saturated heterocycles. The lowest BCUT2D eigenvalue weighted by Gasteiger charge is -2.15. The summed E-state index contributed by atoms with van der Waals surface area (Å²) in [6.45, 7) is 3.18.